The van der Waals surface area contributed by atoms with Gasteiger partial charge < -0.3 is 10.1 Å². The first-order valence-corrected chi connectivity index (χ1v) is 9.73. The van der Waals surface area contributed by atoms with Crippen molar-refractivity contribution in [1.82, 2.24) is 20.3 Å². The zero-order valence-corrected chi connectivity index (χ0v) is 17.0. The van der Waals surface area contributed by atoms with Crippen molar-refractivity contribution in [2.45, 2.75) is 45.3 Å². The molecule has 0 saturated heterocycles. The fourth-order valence-electron chi connectivity index (χ4n) is 2.66. The highest BCUT2D eigenvalue weighted by Gasteiger charge is 2.30. The van der Waals surface area contributed by atoms with Gasteiger partial charge in [0.2, 0.25) is 17.7 Å². The Morgan fingerprint density at radius 1 is 1.26 bits per heavy atom. The number of rotatable bonds is 8. The van der Waals surface area contributed by atoms with Crippen LogP contribution in [0.4, 0.5) is 19.1 Å². The molecular weight excluding hydrogens is 415 g/mol. The third-order valence-corrected chi connectivity index (χ3v) is 4.51. The van der Waals surface area contributed by atoms with E-state index in [1.165, 1.54) is 18.3 Å². The van der Waals surface area contributed by atoms with Gasteiger partial charge in [-0.2, -0.15) is 13.2 Å². The molecule has 8 nitrogen and oxygen atoms in total. The topological polar surface area (TPSA) is 106 Å². The van der Waals surface area contributed by atoms with Gasteiger partial charge in [-0.1, -0.05) is 6.07 Å². The van der Waals surface area contributed by atoms with Crippen molar-refractivity contribution in [3.63, 3.8) is 0 Å². The average molecular weight is 437 g/mol. The summed E-state index contributed by atoms with van der Waals surface area (Å²) in [4.78, 5) is 36.7. The zero-order chi connectivity index (χ0) is 22.6. The highest BCUT2D eigenvalue weighted by Crippen LogP contribution is 2.29. The van der Waals surface area contributed by atoms with Crippen LogP contribution in [-0.2, 0) is 4.79 Å². The Bertz CT molecular complexity index is 946. The van der Waals surface area contributed by atoms with Gasteiger partial charge in [0.25, 0.3) is 5.91 Å². The van der Waals surface area contributed by atoms with Crippen LogP contribution in [0.3, 0.4) is 0 Å². The second-order valence-corrected chi connectivity index (χ2v) is 7.32. The van der Waals surface area contributed by atoms with E-state index in [9.17, 15) is 22.8 Å². The summed E-state index contributed by atoms with van der Waals surface area (Å²) < 4.78 is 41.5. The Kier molecular flexibility index (Phi) is 6.71. The normalized spacial score (nSPS) is 14.6. The highest BCUT2D eigenvalue weighted by atomic mass is 19.4. The van der Waals surface area contributed by atoms with Gasteiger partial charge in [0, 0.05) is 23.9 Å². The summed E-state index contributed by atoms with van der Waals surface area (Å²) in [5.74, 6) is -0.501. The summed E-state index contributed by atoms with van der Waals surface area (Å²) in [6, 6.07) is 4.09. The molecule has 2 amide bonds. The quantitative estimate of drug-likeness (QED) is 0.656. The van der Waals surface area contributed by atoms with E-state index in [-0.39, 0.29) is 29.3 Å². The van der Waals surface area contributed by atoms with Gasteiger partial charge >= 0.3 is 6.18 Å². The number of anilines is 1. The predicted molar refractivity (Wildman–Crippen MR) is 104 cm³/mol. The number of nitrogens with one attached hydrogen (secondary N) is 2. The van der Waals surface area contributed by atoms with E-state index in [1.807, 2.05) is 0 Å². The molecule has 1 saturated carbocycles. The van der Waals surface area contributed by atoms with Crippen LogP contribution in [0.2, 0.25) is 0 Å². The number of aromatic nitrogens is 3. The number of halogens is 3. The van der Waals surface area contributed by atoms with Crippen molar-refractivity contribution in [3.05, 3.63) is 41.3 Å². The van der Waals surface area contributed by atoms with Crippen LogP contribution in [-0.4, -0.2) is 39.5 Å². The maximum Gasteiger partial charge on any atom is 0.392 e. The van der Waals surface area contributed by atoms with Crippen LogP contribution in [0, 0.1) is 12.8 Å². The standard InChI is InChI=1S/C20H22F3N5O3/c1-11-9-15(27-19(25-11)28-17(29)13-3-4-13)18(30)26-12(2)14-5-6-16(24-10-14)31-8-7-20(21,22)23/h5-6,9-10,12-13H,3-4,7-8H2,1-2H3,(H,26,30)(H,25,27,28,29). The maximum atomic E-state index is 12.6. The Hall–Kier alpha value is -3.24. The second-order valence-electron chi connectivity index (χ2n) is 7.32. The summed E-state index contributed by atoms with van der Waals surface area (Å²) in [6.07, 6.45) is -2.27. The summed E-state index contributed by atoms with van der Waals surface area (Å²) in [7, 11) is 0. The van der Waals surface area contributed by atoms with Gasteiger partial charge in [0.15, 0.2) is 0 Å². The first-order valence-electron chi connectivity index (χ1n) is 9.73. The van der Waals surface area contributed by atoms with Gasteiger partial charge in [0.1, 0.15) is 5.69 Å². The number of carbonyl (C=O) groups is 2. The van der Waals surface area contributed by atoms with E-state index >= 15 is 0 Å². The van der Waals surface area contributed by atoms with Gasteiger partial charge in [-0.25, -0.2) is 15.0 Å². The molecule has 1 unspecified atom stereocenters. The molecule has 31 heavy (non-hydrogen) atoms. The fraction of sp³-hybridized carbons (Fsp3) is 0.450. The molecule has 0 aromatic carbocycles. The van der Waals surface area contributed by atoms with E-state index in [1.54, 1.807) is 19.9 Å². The molecule has 1 fully saturated rings. The molecule has 1 aliphatic rings. The van der Waals surface area contributed by atoms with Crippen LogP contribution in [0.25, 0.3) is 0 Å². The monoisotopic (exact) mass is 437 g/mol. The summed E-state index contributed by atoms with van der Waals surface area (Å²) in [5.41, 5.74) is 1.26. The van der Waals surface area contributed by atoms with Gasteiger partial charge in [-0.3, -0.25) is 14.9 Å². The van der Waals surface area contributed by atoms with Crippen molar-refractivity contribution < 1.29 is 27.5 Å². The molecule has 166 valence electrons. The third kappa shape index (κ3) is 6.90. The van der Waals surface area contributed by atoms with Crippen LogP contribution in [0.5, 0.6) is 5.88 Å². The Morgan fingerprint density at radius 3 is 2.61 bits per heavy atom. The largest absolute Gasteiger partial charge is 0.477 e. The SMILES string of the molecule is Cc1cc(C(=O)NC(C)c2ccc(OCCC(F)(F)F)nc2)nc(NC(=O)C2CC2)n1. The lowest BCUT2D eigenvalue weighted by Crippen LogP contribution is -2.28. The summed E-state index contributed by atoms with van der Waals surface area (Å²) >= 11 is 0. The molecule has 1 atom stereocenters. The van der Waals surface area contributed by atoms with E-state index < -0.39 is 31.2 Å². The lowest BCUT2D eigenvalue weighted by Gasteiger charge is -2.15. The Balaban J connectivity index is 1.58. The molecule has 1 aliphatic carbocycles. The number of hydrogen-bond donors (Lipinski definition) is 2. The van der Waals surface area contributed by atoms with Crippen molar-refractivity contribution in [2.24, 2.45) is 5.92 Å². The first-order chi connectivity index (χ1) is 14.6. The number of carbonyl (C=O) groups excluding carboxylic acids is 2. The molecule has 2 aromatic heterocycles. The zero-order valence-electron chi connectivity index (χ0n) is 17.0. The van der Waals surface area contributed by atoms with Crippen LogP contribution in [0.1, 0.15) is 54.0 Å². The van der Waals surface area contributed by atoms with E-state index in [2.05, 4.69) is 25.6 Å². The first kappa shape index (κ1) is 22.4. The van der Waals surface area contributed by atoms with Crippen molar-refractivity contribution in [1.29, 1.82) is 0 Å². The molecule has 0 spiro atoms. The fourth-order valence-corrected chi connectivity index (χ4v) is 2.66. The van der Waals surface area contributed by atoms with Crippen LogP contribution < -0.4 is 15.4 Å². The number of nitrogens with zero attached hydrogens (tertiary/aromatic N) is 3. The summed E-state index contributed by atoms with van der Waals surface area (Å²) in [6.45, 7) is 2.90. The maximum absolute atomic E-state index is 12.6. The Labute approximate surface area is 176 Å². The average Bonchev–Trinajstić information content (AvgIpc) is 3.52. The Morgan fingerprint density at radius 2 is 2.00 bits per heavy atom. The van der Waals surface area contributed by atoms with E-state index in [0.29, 0.717) is 11.3 Å². The molecule has 0 aliphatic heterocycles. The van der Waals surface area contributed by atoms with Crippen LogP contribution >= 0.6 is 0 Å². The molecule has 3 rings (SSSR count). The number of ether oxygens (including phenoxy) is 1. The third-order valence-electron chi connectivity index (χ3n) is 4.51. The van der Waals surface area contributed by atoms with Gasteiger partial charge in [-0.15, -0.1) is 0 Å². The molecule has 0 bridgehead atoms. The molecule has 2 aromatic rings. The second kappa shape index (κ2) is 9.27. The predicted octanol–water partition coefficient (Wildman–Crippen LogP) is 3.35. The van der Waals surface area contributed by atoms with Gasteiger partial charge in [-0.05, 0) is 38.3 Å². The lowest BCUT2D eigenvalue weighted by molar-refractivity contribution is -0.139. The minimum Gasteiger partial charge on any atom is -0.477 e. The van der Waals surface area contributed by atoms with E-state index in [4.69, 9.17) is 4.74 Å². The molecule has 0 radical (unpaired) electrons. The molecule has 2 heterocycles. The van der Waals surface area contributed by atoms with Crippen molar-refractivity contribution in [3.8, 4) is 5.88 Å². The molecule has 11 heteroatoms. The van der Waals surface area contributed by atoms with Crippen molar-refractivity contribution in [2.75, 3.05) is 11.9 Å². The molecule has 2 N–H and O–H groups in total. The number of amides is 2. The van der Waals surface area contributed by atoms with Crippen molar-refractivity contribution >= 4 is 17.8 Å². The highest BCUT2D eigenvalue weighted by molar-refractivity contribution is 5.95. The van der Waals surface area contributed by atoms with Crippen LogP contribution in [0.15, 0.2) is 24.4 Å². The summed E-state index contributed by atoms with van der Waals surface area (Å²) in [5, 5.41) is 5.39. The number of hydrogen-bond acceptors (Lipinski definition) is 6. The van der Waals surface area contributed by atoms with E-state index in [0.717, 1.165) is 12.8 Å². The smallest absolute Gasteiger partial charge is 0.392 e. The molecular formula is C20H22F3N5O3. The number of alkyl halides is 3. The minimum absolute atomic E-state index is 0.0191. The lowest BCUT2D eigenvalue weighted by atomic mass is 10.1. The number of aryl methyl sites for hydroxylation is 1. The minimum atomic E-state index is -4.29. The van der Waals surface area contributed by atoms with Gasteiger partial charge in [0.05, 0.1) is 19.1 Å². The number of pyridine rings is 1.